The Labute approximate surface area is 171 Å². The lowest BCUT2D eigenvalue weighted by Gasteiger charge is -2.06. The van der Waals surface area contributed by atoms with E-state index in [9.17, 15) is 9.90 Å². The van der Waals surface area contributed by atoms with Gasteiger partial charge in [0.2, 0.25) is 5.88 Å². The summed E-state index contributed by atoms with van der Waals surface area (Å²) in [6.07, 6.45) is 10.8. The van der Waals surface area contributed by atoms with Crippen LogP contribution in [0.4, 0.5) is 5.69 Å². The molecule has 7 heteroatoms. The summed E-state index contributed by atoms with van der Waals surface area (Å²) in [7, 11) is 0. The number of pyridine rings is 1. The molecule has 0 amide bonds. The van der Waals surface area contributed by atoms with Crippen LogP contribution in [0.3, 0.4) is 0 Å². The van der Waals surface area contributed by atoms with Crippen LogP contribution in [-0.4, -0.2) is 25.9 Å². The van der Waals surface area contributed by atoms with Crippen LogP contribution >= 0.6 is 0 Å². The molecular formula is C23H17N5O2. The summed E-state index contributed by atoms with van der Waals surface area (Å²) in [5.41, 5.74) is 2.49. The van der Waals surface area contributed by atoms with Gasteiger partial charge in [0.1, 0.15) is 0 Å². The first-order valence-corrected chi connectivity index (χ1v) is 9.18. The van der Waals surface area contributed by atoms with Crippen molar-refractivity contribution in [2.45, 2.75) is 6.42 Å². The first kappa shape index (κ1) is 18.9. The van der Waals surface area contributed by atoms with Gasteiger partial charge in [0.05, 0.1) is 30.1 Å². The van der Waals surface area contributed by atoms with E-state index in [1.165, 1.54) is 6.21 Å². The number of nitrogens with one attached hydrogen (secondary N) is 1. The number of imidazole rings is 1. The maximum atomic E-state index is 12.3. The third kappa shape index (κ3) is 4.03. The number of hydrogen-bond donors (Lipinski definition) is 2. The summed E-state index contributed by atoms with van der Waals surface area (Å²) in [4.78, 5) is 23.1. The Morgan fingerprint density at radius 3 is 2.77 bits per heavy atom. The Balaban J connectivity index is 1.73. The molecule has 4 rings (SSSR count). The first-order valence-electron chi connectivity index (χ1n) is 9.18. The molecule has 7 nitrogen and oxygen atoms in total. The Kier molecular flexibility index (Phi) is 5.22. The van der Waals surface area contributed by atoms with Crippen LogP contribution in [0.1, 0.15) is 16.7 Å². The molecule has 4 aromatic rings. The van der Waals surface area contributed by atoms with Crippen molar-refractivity contribution in [1.82, 2.24) is 14.5 Å². The molecule has 0 saturated heterocycles. The molecule has 30 heavy (non-hydrogen) atoms. The van der Waals surface area contributed by atoms with Crippen molar-refractivity contribution in [2.75, 3.05) is 0 Å². The van der Waals surface area contributed by atoms with Gasteiger partial charge in [-0.05, 0) is 41.5 Å². The Morgan fingerprint density at radius 1 is 1.20 bits per heavy atom. The summed E-state index contributed by atoms with van der Waals surface area (Å²) in [6.45, 7) is 0. The van der Waals surface area contributed by atoms with Crippen molar-refractivity contribution in [3.63, 3.8) is 0 Å². The third-order valence-electron chi connectivity index (χ3n) is 4.59. The lowest BCUT2D eigenvalue weighted by atomic mass is 10.0. The lowest BCUT2D eigenvalue weighted by Crippen LogP contribution is -2.08. The highest BCUT2D eigenvalue weighted by atomic mass is 16.3. The van der Waals surface area contributed by atoms with E-state index in [1.54, 1.807) is 35.3 Å². The van der Waals surface area contributed by atoms with E-state index in [-0.39, 0.29) is 11.4 Å². The molecule has 0 aliphatic rings. The fraction of sp³-hybridized carbons (Fsp3) is 0.0435. The van der Waals surface area contributed by atoms with E-state index in [2.05, 4.69) is 21.0 Å². The quantitative estimate of drug-likeness (QED) is 0.500. The number of rotatable bonds is 5. The summed E-state index contributed by atoms with van der Waals surface area (Å²) in [5.74, 6) is -0.243. The zero-order chi connectivity index (χ0) is 20.9. The summed E-state index contributed by atoms with van der Waals surface area (Å²) < 4.78 is 1.80. The highest BCUT2D eigenvalue weighted by Crippen LogP contribution is 2.24. The fourth-order valence-corrected chi connectivity index (χ4v) is 3.05. The molecule has 0 saturated carbocycles. The van der Waals surface area contributed by atoms with Crippen LogP contribution < -0.4 is 5.56 Å². The molecule has 0 bridgehead atoms. The predicted molar refractivity (Wildman–Crippen MR) is 117 cm³/mol. The minimum absolute atomic E-state index is 0.243. The molecule has 0 fully saturated rings. The minimum Gasteiger partial charge on any atom is -0.494 e. The van der Waals surface area contributed by atoms with Crippen molar-refractivity contribution in [1.29, 1.82) is 5.26 Å². The number of hydrogen-bond acceptors (Lipinski definition) is 5. The maximum Gasteiger partial charge on any atom is 0.258 e. The van der Waals surface area contributed by atoms with Gasteiger partial charge in [0, 0.05) is 35.6 Å². The molecule has 0 aliphatic carbocycles. The maximum absolute atomic E-state index is 12.3. The van der Waals surface area contributed by atoms with Gasteiger partial charge in [0.15, 0.2) is 0 Å². The largest absolute Gasteiger partial charge is 0.494 e. The normalized spacial score (nSPS) is 11.4. The van der Waals surface area contributed by atoms with Crippen molar-refractivity contribution in [2.24, 2.45) is 4.99 Å². The molecule has 0 spiro atoms. The van der Waals surface area contributed by atoms with Gasteiger partial charge >= 0.3 is 0 Å². The zero-order valence-corrected chi connectivity index (χ0v) is 15.9. The molecule has 0 atom stereocenters. The third-order valence-corrected chi connectivity index (χ3v) is 4.59. The van der Waals surface area contributed by atoms with Crippen LogP contribution in [0.5, 0.6) is 5.88 Å². The van der Waals surface area contributed by atoms with Crippen molar-refractivity contribution >= 4 is 35.0 Å². The van der Waals surface area contributed by atoms with Gasteiger partial charge in [0.25, 0.3) is 5.56 Å². The van der Waals surface area contributed by atoms with Crippen molar-refractivity contribution in [3.8, 4) is 11.9 Å². The zero-order valence-electron chi connectivity index (χ0n) is 15.9. The number of aliphatic imine (C=N–C) groups is 1. The van der Waals surface area contributed by atoms with Gasteiger partial charge in [-0.1, -0.05) is 18.2 Å². The SMILES string of the molecule is N#CCc1ccc(N=Cc2c(O)[nH]c(=O)c3ccc(/C=C/n4ccnc4)cc23)cc1. The van der Waals surface area contributed by atoms with Gasteiger partial charge < -0.3 is 9.67 Å². The van der Waals surface area contributed by atoms with E-state index in [1.807, 2.05) is 42.7 Å². The van der Waals surface area contributed by atoms with E-state index in [0.29, 0.717) is 28.4 Å². The van der Waals surface area contributed by atoms with E-state index in [0.717, 1.165) is 11.1 Å². The second kappa shape index (κ2) is 8.29. The molecule has 2 heterocycles. The van der Waals surface area contributed by atoms with Crippen molar-refractivity contribution in [3.05, 3.63) is 88.2 Å². The molecule has 0 aliphatic heterocycles. The van der Waals surface area contributed by atoms with Gasteiger partial charge in [-0.3, -0.25) is 14.8 Å². The van der Waals surface area contributed by atoms with Crippen LogP contribution in [0, 0.1) is 11.3 Å². The number of aromatic hydroxyl groups is 1. The Hall–Kier alpha value is -4.44. The van der Waals surface area contributed by atoms with Crippen molar-refractivity contribution < 1.29 is 5.11 Å². The van der Waals surface area contributed by atoms with Gasteiger partial charge in [-0.2, -0.15) is 5.26 Å². The highest BCUT2D eigenvalue weighted by Gasteiger charge is 2.10. The summed E-state index contributed by atoms with van der Waals surface area (Å²) in [5, 5.41) is 20.2. The molecule has 2 N–H and O–H groups in total. The topological polar surface area (TPSA) is 107 Å². The first-order chi connectivity index (χ1) is 14.6. The molecule has 146 valence electrons. The van der Waals surface area contributed by atoms with Gasteiger partial charge in [-0.15, -0.1) is 0 Å². The Bertz CT molecular complexity index is 1340. The van der Waals surface area contributed by atoms with Crippen LogP contribution in [0.25, 0.3) is 23.0 Å². The van der Waals surface area contributed by atoms with Crippen LogP contribution in [-0.2, 0) is 6.42 Å². The number of nitriles is 1. The van der Waals surface area contributed by atoms with Crippen LogP contribution in [0.2, 0.25) is 0 Å². The average Bonchev–Trinajstić information content (AvgIpc) is 3.27. The second-order valence-electron chi connectivity index (χ2n) is 6.61. The van der Waals surface area contributed by atoms with E-state index in [4.69, 9.17) is 5.26 Å². The predicted octanol–water partition coefficient (Wildman–Crippen LogP) is 3.87. The number of nitrogens with zero attached hydrogens (tertiary/aromatic N) is 4. The highest BCUT2D eigenvalue weighted by molar-refractivity contribution is 6.02. The minimum atomic E-state index is -0.370. The van der Waals surface area contributed by atoms with E-state index < -0.39 is 0 Å². The fourth-order valence-electron chi connectivity index (χ4n) is 3.05. The van der Waals surface area contributed by atoms with Crippen LogP contribution in [0.15, 0.2) is 71.0 Å². The lowest BCUT2D eigenvalue weighted by molar-refractivity contribution is 0.452. The number of H-pyrrole nitrogens is 1. The molecule has 0 unspecified atom stereocenters. The molecule has 2 aromatic heterocycles. The van der Waals surface area contributed by atoms with E-state index >= 15 is 0 Å². The number of benzene rings is 2. The standard InChI is InChI=1S/C23H17N5O2/c24-9-7-16-1-4-18(5-2-16)26-14-21-20-13-17(8-11-28-12-10-25-15-28)3-6-19(20)22(29)27-23(21)30/h1-6,8,10-15H,7H2,(H2,27,29,30)/b11-8+,26-14?. The Morgan fingerprint density at radius 2 is 2.03 bits per heavy atom. The smallest absolute Gasteiger partial charge is 0.258 e. The molecule has 2 aromatic carbocycles. The number of aromatic amines is 1. The van der Waals surface area contributed by atoms with Gasteiger partial charge in [-0.25, -0.2) is 4.98 Å². The second-order valence-corrected chi connectivity index (χ2v) is 6.61. The molecular weight excluding hydrogens is 378 g/mol. The molecule has 0 radical (unpaired) electrons. The number of fused-ring (bicyclic) bond motifs is 1. The average molecular weight is 395 g/mol. The monoisotopic (exact) mass is 395 g/mol. The summed E-state index contributed by atoms with van der Waals surface area (Å²) in [6, 6.07) is 14.7. The number of aromatic nitrogens is 3. The summed E-state index contributed by atoms with van der Waals surface area (Å²) >= 11 is 0.